The zero-order chi connectivity index (χ0) is 15.9. The van der Waals surface area contributed by atoms with Crippen LogP contribution in [-0.2, 0) is 0 Å². The van der Waals surface area contributed by atoms with Crippen molar-refractivity contribution in [1.29, 1.82) is 0 Å². The standard InChI is InChI=1S/C16H22ClN5/c1-4-11-22(5-2)16-20-14(17)19-15(21-16)18-12(3)13-9-7-6-8-10-13/h6-10,12H,4-5,11H2,1-3H3,(H,18,19,20,21)/t12-/m0/s1. The number of rotatable bonds is 7. The van der Waals surface area contributed by atoms with E-state index in [1.807, 2.05) is 18.2 Å². The molecular formula is C16H22ClN5. The summed E-state index contributed by atoms with van der Waals surface area (Å²) in [5.41, 5.74) is 1.17. The molecule has 0 saturated carbocycles. The highest BCUT2D eigenvalue weighted by atomic mass is 35.5. The van der Waals surface area contributed by atoms with Gasteiger partial charge in [-0.25, -0.2) is 0 Å². The van der Waals surface area contributed by atoms with Crippen LogP contribution < -0.4 is 10.2 Å². The largest absolute Gasteiger partial charge is 0.348 e. The van der Waals surface area contributed by atoms with Crippen LogP contribution in [0.15, 0.2) is 30.3 Å². The van der Waals surface area contributed by atoms with Gasteiger partial charge in [0.05, 0.1) is 6.04 Å². The van der Waals surface area contributed by atoms with Crippen molar-refractivity contribution >= 4 is 23.5 Å². The summed E-state index contributed by atoms with van der Waals surface area (Å²) in [6.07, 6.45) is 1.03. The Labute approximate surface area is 136 Å². The van der Waals surface area contributed by atoms with Gasteiger partial charge in [-0.3, -0.25) is 0 Å². The number of hydrogen-bond acceptors (Lipinski definition) is 5. The summed E-state index contributed by atoms with van der Waals surface area (Å²) in [6.45, 7) is 8.00. The van der Waals surface area contributed by atoms with Gasteiger partial charge in [0.1, 0.15) is 0 Å². The van der Waals surface area contributed by atoms with Gasteiger partial charge >= 0.3 is 0 Å². The molecule has 2 rings (SSSR count). The van der Waals surface area contributed by atoms with E-state index >= 15 is 0 Å². The molecule has 1 aromatic heterocycles. The fraction of sp³-hybridized carbons (Fsp3) is 0.438. The van der Waals surface area contributed by atoms with Gasteiger partial charge in [0, 0.05) is 13.1 Å². The quantitative estimate of drug-likeness (QED) is 0.838. The molecule has 0 fully saturated rings. The van der Waals surface area contributed by atoms with Crippen molar-refractivity contribution in [2.45, 2.75) is 33.2 Å². The highest BCUT2D eigenvalue weighted by Gasteiger charge is 2.13. The smallest absolute Gasteiger partial charge is 0.231 e. The van der Waals surface area contributed by atoms with Crippen LogP contribution in [0.5, 0.6) is 0 Å². The summed E-state index contributed by atoms with van der Waals surface area (Å²) in [7, 11) is 0. The third-order valence-electron chi connectivity index (χ3n) is 3.40. The molecule has 0 saturated heterocycles. The van der Waals surface area contributed by atoms with Crippen LogP contribution in [-0.4, -0.2) is 28.0 Å². The molecule has 0 aliphatic rings. The van der Waals surface area contributed by atoms with E-state index in [1.165, 1.54) is 5.56 Å². The normalized spacial score (nSPS) is 12.0. The first-order valence-corrected chi connectivity index (χ1v) is 7.99. The van der Waals surface area contributed by atoms with Crippen LogP contribution in [0.25, 0.3) is 0 Å². The van der Waals surface area contributed by atoms with Gasteiger partial charge in [-0.1, -0.05) is 37.3 Å². The molecule has 1 atom stereocenters. The number of aromatic nitrogens is 3. The number of benzene rings is 1. The molecule has 2 aromatic rings. The zero-order valence-corrected chi connectivity index (χ0v) is 14.0. The number of nitrogens with one attached hydrogen (secondary N) is 1. The van der Waals surface area contributed by atoms with Gasteiger partial charge in [0.25, 0.3) is 0 Å². The zero-order valence-electron chi connectivity index (χ0n) is 13.3. The van der Waals surface area contributed by atoms with E-state index in [0.29, 0.717) is 11.9 Å². The predicted molar refractivity (Wildman–Crippen MR) is 91.5 cm³/mol. The van der Waals surface area contributed by atoms with Crippen molar-refractivity contribution in [3.8, 4) is 0 Å². The van der Waals surface area contributed by atoms with Crippen LogP contribution in [0.3, 0.4) is 0 Å². The Kier molecular flexibility index (Phi) is 5.95. The van der Waals surface area contributed by atoms with E-state index in [0.717, 1.165) is 19.5 Å². The summed E-state index contributed by atoms with van der Waals surface area (Å²) in [5, 5.41) is 3.50. The van der Waals surface area contributed by atoms with Crippen molar-refractivity contribution in [3.63, 3.8) is 0 Å². The Morgan fingerprint density at radius 3 is 2.50 bits per heavy atom. The van der Waals surface area contributed by atoms with Crippen LogP contribution in [0.1, 0.15) is 38.8 Å². The van der Waals surface area contributed by atoms with E-state index in [-0.39, 0.29) is 11.3 Å². The molecule has 0 aliphatic heterocycles. The van der Waals surface area contributed by atoms with Crippen LogP contribution >= 0.6 is 11.6 Å². The van der Waals surface area contributed by atoms with Crippen molar-refractivity contribution in [1.82, 2.24) is 15.0 Å². The molecular weight excluding hydrogens is 298 g/mol. The third-order valence-corrected chi connectivity index (χ3v) is 3.57. The lowest BCUT2D eigenvalue weighted by atomic mass is 10.1. The Morgan fingerprint density at radius 1 is 1.14 bits per heavy atom. The van der Waals surface area contributed by atoms with E-state index in [4.69, 9.17) is 11.6 Å². The second-order valence-electron chi connectivity index (χ2n) is 5.08. The summed E-state index contributed by atoms with van der Waals surface area (Å²) in [5.74, 6) is 1.12. The molecule has 118 valence electrons. The van der Waals surface area contributed by atoms with Crippen molar-refractivity contribution < 1.29 is 0 Å². The topological polar surface area (TPSA) is 53.9 Å². The number of anilines is 2. The first-order valence-electron chi connectivity index (χ1n) is 7.62. The van der Waals surface area contributed by atoms with Gasteiger partial charge in [0.15, 0.2) is 0 Å². The number of hydrogen-bond donors (Lipinski definition) is 1. The molecule has 0 amide bonds. The molecule has 1 N–H and O–H groups in total. The van der Waals surface area contributed by atoms with E-state index < -0.39 is 0 Å². The van der Waals surface area contributed by atoms with E-state index in [2.05, 4.69) is 58.1 Å². The molecule has 5 nitrogen and oxygen atoms in total. The van der Waals surface area contributed by atoms with Crippen molar-refractivity contribution in [2.24, 2.45) is 0 Å². The van der Waals surface area contributed by atoms with Crippen molar-refractivity contribution in [3.05, 3.63) is 41.2 Å². The van der Waals surface area contributed by atoms with Gasteiger partial charge in [-0.15, -0.1) is 0 Å². The lowest BCUT2D eigenvalue weighted by Crippen LogP contribution is -2.26. The highest BCUT2D eigenvalue weighted by Crippen LogP contribution is 2.19. The average Bonchev–Trinajstić information content (AvgIpc) is 2.52. The molecule has 0 aliphatic carbocycles. The lowest BCUT2D eigenvalue weighted by Gasteiger charge is -2.21. The molecule has 1 aromatic carbocycles. The van der Waals surface area contributed by atoms with Crippen molar-refractivity contribution in [2.75, 3.05) is 23.3 Å². The van der Waals surface area contributed by atoms with Gasteiger partial charge in [0.2, 0.25) is 17.2 Å². The summed E-state index contributed by atoms with van der Waals surface area (Å²) >= 11 is 6.05. The maximum absolute atomic E-state index is 6.05. The SMILES string of the molecule is CCCN(CC)c1nc(Cl)nc(N[C@@H](C)c2ccccc2)n1. The Bertz CT molecular complexity index is 590. The van der Waals surface area contributed by atoms with Gasteiger partial charge in [-0.2, -0.15) is 15.0 Å². The molecule has 0 spiro atoms. The Morgan fingerprint density at radius 2 is 1.86 bits per heavy atom. The molecule has 1 heterocycles. The second kappa shape index (κ2) is 7.94. The minimum atomic E-state index is 0.0915. The maximum atomic E-state index is 6.05. The summed E-state index contributed by atoms with van der Waals surface area (Å²) in [6, 6.07) is 10.2. The first kappa shape index (κ1) is 16.5. The number of halogens is 1. The predicted octanol–water partition coefficient (Wildman–Crippen LogP) is 3.93. The minimum Gasteiger partial charge on any atom is -0.348 e. The van der Waals surface area contributed by atoms with Crippen LogP contribution in [0.4, 0.5) is 11.9 Å². The van der Waals surface area contributed by atoms with E-state index in [9.17, 15) is 0 Å². The summed E-state index contributed by atoms with van der Waals surface area (Å²) < 4.78 is 0. The average molecular weight is 320 g/mol. The molecule has 0 unspecified atom stereocenters. The molecule has 0 radical (unpaired) electrons. The molecule has 6 heteroatoms. The van der Waals surface area contributed by atoms with Crippen LogP contribution in [0.2, 0.25) is 5.28 Å². The summed E-state index contributed by atoms with van der Waals surface area (Å²) in [4.78, 5) is 15.0. The lowest BCUT2D eigenvalue weighted by molar-refractivity contribution is 0.753. The Balaban J connectivity index is 2.19. The molecule has 0 bridgehead atoms. The second-order valence-corrected chi connectivity index (χ2v) is 5.42. The monoisotopic (exact) mass is 319 g/mol. The fourth-order valence-corrected chi connectivity index (χ4v) is 2.39. The third kappa shape index (κ3) is 4.31. The first-order chi connectivity index (χ1) is 10.6. The minimum absolute atomic E-state index is 0.0915. The number of nitrogens with zero attached hydrogens (tertiary/aromatic N) is 4. The van der Waals surface area contributed by atoms with Gasteiger partial charge < -0.3 is 10.2 Å². The maximum Gasteiger partial charge on any atom is 0.231 e. The molecule has 22 heavy (non-hydrogen) atoms. The van der Waals surface area contributed by atoms with E-state index in [1.54, 1.807) is 0 Å². The van der Waals surface area contributed by atoms with Crippen LogP contribution in [0, 0.1) is 0 Å². The van der Waals surface area contributed by atoms with Gasteiger partial charge in [-0.05, 0) is 37.4 Å². The highest BCUT2D eigenvalue weighted by molar-refractivity contribution is 6.28. The fourth-order valence-electron chi connectivity index (χ4n) is 2.23. The Hall–Kier alpha value is -1.88.